The Hall–Kier alpha value is -2.37. The van der Waals surface area contributed by atoms with Gasteiger partial charge in [-0.05, 0) is 24.6 Å². The Labute approximate surface area is 121 Å². The van der Waals surface area contributed by atoms with Gasteiger partial charge in [-0.15, -0.1) is 0 Å². The van der Waals surface area contributed by atoms with Crippen LogP contribution in [0.3, 0.4) is 0 Å². The molecule has 0 aliphatic carbocycles. The second-order valence-electron chi connectivity index (χ2n) is 4.85. The van der Waals surface area contributed by atoms with E-state index in [1.807, 2.05) is 0 Å². The minimum atomic E-state index is -0.509. The van der Waals surface area contributed by atoms with E-state index in [1.165, 1.54) is 29.9 Å². The van der Waals surface area contributed by atoms with Gasteiger partial charge in [-0.3, -0.25) is 9.36 Å². The van der Waals surface area contributed by atoms with E-state index in [-0.39, 0.29) is 5.56 Å². The zero-order valence-electron chi connectivity index (χ0n) is 12.1. The Morgan fingerprint density at radius 1 is 1.29 bits per heavy atom. The molecule has 2 rings (SSSR count). The van der Waals surface area contributed by atoms with Gasteiger partial charge in [0.15, 0.2) is 0 Å². The summed E-state index contributed by atoms with van der Waals surface area (Å²) in [5, 5.41) is 0.388. The number of hydrogen-bond acceptors (Lipinski definition) is 4. The van der Waals surface area contributed by atoms with Gasteiger partial charge in [0.05, 0.1) is 23.6 Å². The van der Waals surface area contributed by atoms with Crippen molar-refractivity contribution in [2.24, 2.45) is 0 Å². The third-order valence-electron chi connectivity index (χ3n) is 3.39. The molecule has 112 valence electrons. The van der Waals surface area contributed by atoms with Crippen molar-refractivity contribution >= 4 is 16.9 Å². The molecule has 0 amide bonds. The number of esters is 1. The maximum Gasteiger partial charge on any atom is 0.337 e. The number of H-pyrrole nitrogens is 1. The van der Waals surface area contributed by atoms with Crippen molar-refractivity contribution in [1.29, 1.82) is 0 Å². The van der Waals surface area contributed by atoms with E-state index in [9.17, 15) is 14.4 Å². The monoisotopic (exact) mass is 290 g/mol. The van der Waals surface area contributed by atoms with Gasteiger partial charge in [0.2, 0.25) is 0 Å². The topological polar surface area (TPSA) is 81.2 Å². The molecule has 0 atom stereocenters. The molecule has 0 unspecified atom stereocenters. The number of carbonyl (C=O) groups excluding carboxylic acids is 1. The molecule has 6 nitrogen and oxygen atoms in total. The Kier molecular flexibility index (Phi) is 4.57. The van der Waals surface area contributed by atoms with Gasteiger partial charge in [0.25, 0.3) is 5.56 Å². The van der Waals surface area contributed by atoms with Crippen LogP contribution in [0.1, 0.15) is 36.5 Å². The van der Waals surface area contributed by atoms with E-state index in [0.717, 1.165) is 19.3 Å². The molecule has 0 fully saturated rings. The van der Waals surface area contributed by atoms with E-state index in [2.05, 4.69) is 16.6 Å². The minimum Gasteiger partial charge on any atom is -0.465 e. The van der Waals surface area contributed by atoms with E-state index in [4.69, 9.17) is 0 Å². The highest BCUT2D eigenvalue weighted by Crippen LogP contribution is 2.10. The molecular formula is C15H18N2O4. The second-order valence-corrected chi connectivity index (χ2v) is 4.85. The summed E-state index contributed by atoms with van der Waals surface area (Å²) in [6, 6.07) is 4.51. The highest BCUT2D eigenvalue weighted by molar-refractivity contribution is 5.93. The maximum atomic E-state index is 12.3. The fourth-order valence-electron chi connectivity index (χ4n) is 2.22. The molecule has 0 saturated carbocycles. The highest BCUT2D eigenvalue weighted by Gasteiger charge is 2.11. The zero-order valence-corrected chi connectivity index (χ0v) is 12.1. The molecule has 0 bridgehead atoms. The zero-order chi connectivity index (χ0) is 15.4. The number of ether oxygens (including phenoxy) is 1. The van der Waals surface area contributed by atoms with Crippen molar-refractivity contribution in [3.63, 3.8) is 0 Å². The first-order valence-corrected chi connectivity index (χ1v) is 6.93. The number of rotatable bonds is 5. The third-order valence-corrected chi connectivity index (χ3v) is 3.39. The molecule has 21 heavy (non-hydrogen) atoms. The van der Waals surface area contributed by atoms with Crippen LogP contribution in [0.4, 0.5) is 0 Å². The van der Waals surface area contributed by atoms with Gasteiger partial charge in [0.1, 0.15) is 0 Å². The lowest BCUT2D eigenvalue weighted by Crippen LogP contribution is -2.35. The summed E-state index contributed by atoms with van der Waals surface area (Å²) < 4.78 is 5.82. The average Bonchev–Trinajstić information content (AvgIpc) is 2.49. The Morgan fingerprint density at radius 2 is 2.05 bits per heavy atom. The molecule has 0 radical (unpaired) electrons. The van der Waals surface area contributed by atoms with E-state index in [1.54, 1.807) is 0 Å². The second kappa shape index (κ2) is 6.39. The molecule has 0 saturated heterocycles. The molecule has 1 aromatic carbocycles. The summed E-state index contributed by atoms with van der Waals surface area (Å²) in [4.78, 5) is 38.4. The van der Waals surface area contributed by atoms with E-state index in [0.29, 0.717) is 23.0 Å². The van der Waals surface area contributed by atoms with E-state index >= 15 is 0 Å². The Bertz CT molecular complexity index is 773. The van der Waals surface area contributed by atoms with Crippen molar-refractivity contribution in [2.75, 3.05) is 7.11 Å². The number of carbonyl (C=O) groups is 1. The standard InChI is InChI=1S/C15H18N2O4/c1-3-4-5-8-17-13(18)11-7-6-10(14(19)21-2)9-12(11)16-15(17)20/h6-7,9H,3-5,8H2,1-2H3,(H,16,20). The van der Waals surface area contributed by atoms with Gasteiger partial charge in [-0.1, -0.05) is 19.8 Å². The van der Waals surface area contributed by atoms with Gasteiger partial charge in [0, 0.05) is 6.54 Å². The quantitative estimate of drug-likeness (QED) is 0.671. The maximum absolute atomic E-state index is 12.3. The Morgan fingerprint density at radius 3 is 2.71 bits per heavy atom. The van der Waals surface area contributed by atoms with Crippen molar-refractivity contribution in [3.05, 3.63) is 44.6 Å². The van der Waals surface area contributed by atoms with Crippen molar-refractivity contribution < 1.29 is 9.53 Å². The number of hydrogen-bond donors (Lipinski definition) is 1. The predicted molar refractivity (Wildman–Crippen MR) is 79.7 cm³/mol. The third kappa shape index (κ3) is 3.04. The molecule has 1 N–H and O–H groups in total. The van der Waals surface area contributed by atoms with Crippen LogP contribution in [-0.2, 0) is 11.3 Å². The van der Waals surface area contributed by atoms with Crippen LogP contribution in [0.2, 0.25) is 0 Å². The van der Waals surface area contributed by atoms with Crippen LogP contribution in [0, 0.1) is 0 Å². The van der Waals surface area contributed by atoms with Gasteiger partial charge < -0.3 is 9.72 Å². The van der Waals surface area contributed by atoms with Gasteiger partial charge >= 0.3 is 11.7 Å². The fourth-order valence-corrected chi connectivity index (χ4v) is 2.22. The molecule has 1 aromatic heterocycles. The summed E-state index contributed by atoms with van der Waals surface area (Å²) in [6.07, 6.45) is 2.76. The summed E-state index contributed by atoms with van der Waals surface area (Å²) in [6.45, 7) is 2.46. The number of benzene rings is 1. The van der Waals surface area contributed by atoms with Crippen LogP contribution < -0.4 is 11.2 Å². The normalized spacial score (nSPS) is 10.8. The molecule has 6 heteroatoms. The van der Waals surface area contributed by atoms with Crippen molar-refractivity contribution in [3.8, 4) is 0 Å². The summed E-state index contributed by atoms with van der Waals surface area (Å²) in [7, 11) is 1.28. The summed E-state index contributed by atoms with van der Waals surface area (Å²) in [5.74, 6) is -0.509. The lowest BCUT2D eigenvalue weighted by molar-refractivity contribution is 0.0601. The largest absolute Gasteiger partial charge is 0.465 e. The molecule has 2 aromatic rings. The van der Waals surface area contributed by atoms with Crippen LogP contribution in [-0.4, -0.2) is 22.6 Å². The lowest BCUT2D eigenvalue weighted by atomic mass is 10.1. The predicted octanol–water partition coefficient (Wildman–Crippen LogP) is 1.67. The van der Waals surface area contributed by atoms with Crippen LogP contribution in [0.5, 0.6) is 0 Å². The Balaban J connectivity index is 2.50. The number of fused-ring (bicyclic) bond motifs is 1. The number of unbranched alkanes of at least 4 members (excludes halogenated alkanes) is 2. The lowest BCUT2D eigenvalue weighted by Gasteiger charge is -2.07. The first kappa shape index (κ1) is 15.0. The summed E-state index contributed by atoms with van der Waals surface area (Å²) >= 11 is 0. The average molecular weight is 290 g/mol. The molecule has 1 heterocycles. The van der Waals surface area contributed by atoms with Crippen LogP contribution in [0.15, 0.2) is 27.8 Å². The van der Waals surface area contributed by atoms with E-state index < -0.39 is 11.7 Å². The molecule has 0 aliphatic rings. The minimum absolute atomic E-state index is 0.295. The highest BCUT2D eigenvalue weighted by atomic mass is 16.5. The number of aromatic nitrogens is 2. The molecular weight excluding hydrogens is 272 g/mol. The van der Waals surface area contributed by atoms with Gasteiger partial charge in [-0.25, -0.2) is 9.59 Å². The van der Waals surface area contributed by atoms with Crippen molar-refractivity contribution in [1.82, 2.24) is 9.55 Å². The first-order valence-electron chi connectivity index (χ1n) is 6.93. The number of aromatic amines is 1. The summed E-state index contributed by atoms with van der Waals surface area (Å²) in [5.41, 5.74) is -0.143. The number of methoxy groups -OCH3 is 1. The smallest absolute Gasteiger partial charge is 0.337 e. The van der Waals surface area contributed by atoms with Crippen LogP contribution in [0.25, 0.3) is 10.9 Å². The molecule has 0 aliphatic heterocycles. The SMILES string of the molecule is CCCCCn1c(=O)[nH]c2cc(C(=O)OC)ccc2c1=O. The van der Waals surface area contributed by atoms with Gasteiger partial charge in [-0.2, -0.15) is 0 Å². The fraction of sp³-hybridized carbons (Fsp3) is 0.400. The first-order chi connectivity index (χ1) is 10.1. The number of nitrogens with one attached hydrogen (secondary N) is 1. The molecule has 0 spiro atoms. The van der Waals surface area contributed by atoms with Crippen molar-refractivity contribution in [2.45, 2.75) is 32.7 Å². The number of nitrogens with zero attached hydrogens (tertiary/aromatic N) is 1. The van der Waals surface area contributed by atoms with Crippen LogP contribution >= 0.6 is 0 Å².